The number of rotatable bonds is 3. The summed E-state index contributed by atoms with van der Waals surface area (Å²) < 4.78 is 5.26. The lowest BCUT2D eigenvalue weighted by Crippen LogP contribution is -2.51. The number of nitrogens with zero attached hydrogens (tertiary/aromatic N) is 2. The normalized spacial score (nSPS) is 27.3. The van der Waals surface area contributed by atoms with Crippen LogP contribution in [0.25, 0.3) is 0 Å². The summed E-state index contributed by atoms with van der Waals surface area (Å²) in [6, 6.07) is 7.56. The lowest BCUT2D eigenvalue weighted by Gasteiger charge is -2.44. The third-order valence-corrected chi connectivity index (χ3v) is 7.10. The Kier molecular flexibility index (Phi) is 5.32. The fourth-order valence-electron chi connectivity index (χ4n) is 5.21. The second-order valence-corrected chi connectivity index (χ2v) is 8.62. The number of likely N-dealkylation sites (tertiary alicyclic amines) is 2. The molecule has 4 rings (SSSR count). The van der Waals surface area contributed by atoms with E-state index in [-0.39, 0.29) is 23.8 Å². The van der Waals surface area contributed by atoms with Crippen molar-refractivity contribution in [3.8, 4) is 5.75 Å². The highest BCUT2D eigenvalue weighted by Gasteiger charge is 2.43. The number of piperidine rings is 2. The number of ether oxygens (including phenoxy) is 1. The molecule has 1 spiro atoms. The van der Waals surface area contributed by atoms with Gasteiger partial charge in [-0.15, -0.1) is 0 Å². The van der Waals surface area contributed by atoms with Crippen LogP contribution in [0.3, 0.4) is 0 Å². The second kappa shape index (κ2) is 7.74. The van der Waals surface area contributed by atoms with Gasteiger partial charge in [0, 0.05) is 33.1 Å². The number of carbonyl (C=O) groups excluding carboxylic acids is 2. The third kappa shape index (κ3) is 3.50. The van der Waals surface area contributed by atoms with Gasteiger partial charge < -0.3 is 19.9 Å². The van der Waals surface area contributed by atoms with Gasteiger partial charge in [0.1, 0.15) is 5.75 Å². The standard InChI is InChI=1S/C22H31N3O3/c1-24-19(26)8-7-18(20(24)16-3-5-17(28-2)6-4-16)21(27)25-13-10-22(11-14-25)9-12-23-15-22/h3-6,18,20,23H,7-15H2,1-2H3. The van der Waals surface area contributed by atoms with Crippen LogP contribution in [0.15, 0.2) is 24.3 Å². The van der Waals surface area contributed by atoms with Gasteiger partial charge in [-0.1, -0.05) is 12.1 Å². The summed E-state index contributed by atoms with van der Waals surface area (Å²) in [6.45, 7) is 3.86. The van der Waals surface area contributed by atoms with Gasteiger partial charge in [-0.05, 0) is 55.3 Å². The van der Waals surface area contributed by atoms with Crippen molar-refractivity contribution < 1.29 is 14.3 Å². The van der Waals surface area contributed by atoms with E-state index in [0.29, 0.717) is 18.3 Å². The highest BCUT2D eigenvalue weighted by atomic mass is 16.5. The molecule has 1 aromatic carbocycles. The zero-order valence-electron chi connectivity index (χ0n) is 16.9. The predicted octanol–water partition coefficient (Wildman–Crippen LogP) is 2.21. The number of hydrogen-bond acceptors (Lipinski definition) is 4. The number of benzene rings is 1. The van der Waals surface area contributed by atoms with Crippen molar-refractivity contribution in [3.05, 3.63) is 29.8 Å². The molecule has 2 amide bonds. The Morgan fingerprint density at radius 1 is 1.18 bits per heavy atom. The predicted molar refractivity (Wildman–Crippen MR) is 107 cm³/mol. The topological polar surface area (TPSA) is 61.9 Å². The molecule has 0 saturated carbocycles. The van der Waals surface area contributed by atoms with E-state index < -0.39 is 0 Å². The summed E-state index contributed by atoms with van der Waals surface area (Å²) in [5.74, 6) is 0.926. The molecular formula is C22H31N3O3. The van der Waals surface area contributed by atoms with E-state index in [1.807, 2.05) is 36.2 Å². The Hall–Kier alpha value is -2.08. The molecule has 3 aliphatic heterocycles. The van der Waals surface area contributed by atoms with E-state index >= 15 is 0 Å². The molecule has 3 aliphatic rings. The van der Waals surface area contributed by atoms with Crippen molar-refractivity contribution in [1.82, 2.24) is 15.1 Å². The van der Waals surface area contributed by atoms with Crippen molar-refractivity contribution in [3.63, 3.8) is 0 Å². The Morgan fingerprint density at radius 2 is 1.89 bits per heavy atom. The van der Waals surface area contributed by atoms with E-state index in [0.717, 1.165) is 50.3 Å². The van der Waals surface area contributed by atoms with Crippen LogP contribution in [-0.2, 0) is 9.59 Å². The molecule has 6 heteroatoms. The lowest BCUT2D eigenvalue weighted by atomic mass is 9.77. The maximum Gasteiger partial charge on any atom is 0.228 e. The molecule has 3 saturated heterocycles. The first-order valence-corrected chi connectivity index (χ1v) is 10.4. The molecule has 28 heavy (non-hydrogen) atoms. The minimum atomic E-state index is -0.205. The highest BCUT2D eigenvalue weighted by Crippen LogP contribution is 2.40. The Balaban J connectivity index is 1.52. The molecule has 152 valence electrons. The average molecular weight is 386 g/mol. The first-order chi connectivity index (χ1) is 13.5. The number of amides is 2. The Morgan fingerprint density at radius 3 is 2.50 bits per heavy atom. The summed E-state index contributed by atoms with van der Waals surface area (Å²) in [7, 11) is 3.46. The van der Waals surface area contributed by atoms with Gasteiger partial charge >= 0.3 is 0 Å². The van der Waals surface area contributed by atoms with Crippen molar-refractivity contribution >= 4 is 11.8 Å². The molecule has 1 aromatic rings. The van der Waals surface area contributed by atoms with Gasteiger partial charge in [0.15, 0.2) is 0 Å². The fraction of sp³-hybridized carbons (Fsp3) is 0.636. The molecule has 2 unspecified atom stereocenters. The second-order valence-electron chi connectivity index (χ2n) is 8.62. The molecule has 6 nitrogen and oxygen atoms in total. The number of nitrogens with one attached hydrogen (secondary N) is 1. The summed E-state index contributed by atoms with van der Waals surface area (Å²) in [6.07, 6.45) is 4.47. The molecule has 0 bridgehead atoms. The number of hydrogen-bond donors (Lipinski definition) is 1. The van der Waals surface area contributed by atoms with Gasteiger partial charge in [0.2, 0.25) is 11.8 Å². The maximum atomic E-state index is 13.5. The molecule has 2 atom stereocenters. The van der Waals surface area contributed by atoms with Crippen molar-refractivity contribution in [1.29, 1.82) is 0 Å². The van der Waals surface area contributed by atoms with Crippen LogP contribution in [0, 0.1) is 11.3 Å². The SMILES string of the molecule is COc1ccc(C2C(C(=O)N3CCC4(CCNC4)CC3)CCC(=O)N2C)cc1. The number of carbonyl (C=O) groups is 2. The van der Waals surface area contributed by atoms with Gasteiger partial charge in [0.25, 0.3) is 0 Å². The zero-order chi connectivity index (χ0) is 19.7. The first-order valence-electron chi connectivity index (χ1n) is 10.4. The highest BCUT2D eigenvalue weighted by molar-refractivity contribution is 5.85. The van der Waals surface area contributed by atoms with E-state index in [9.17, 15) is 9.59 Å². The summed E-state index contributed by atoms with van der Waals surface area (Å²) in [5, 5.41) is 3.48. The van der Waals surface area contributed by atoms with E-state index in [4.69, 9.17) is 4.74 Å². The lowest BCUT2D eigenvalue weighted by molar-refractivity contribution is -0.148. The van der Waals surface area contributed by atoms with Crippen molar-refractivity contribution in [2.75, 3.05) is 40.3 Å². The average Bonchev–Trinajstić information content (AvgIpc) is 3.18. The molecule has 1 N–H and O–H groups in total. The van der Waals surface area contributed by atoms with Gasteiger partial charge in [-0.3, -0.25) is 9.59 Å². The van der Waals surface area contributed by atoms with E-state index in [2.05, 4.69) is 5.32 Å². The van der Waals surface area contributed by atoms with Crippen LogP contribution in [-0.4, -0.2) is 62.0 Å². The molecular weight excluding hydrogens is 354 g/mol. The maximum absolute atomic E-state index is 13.5. The zero-order valence-corrected chi connectivity index (χ0v) is 16.9. The quantitative estimate of drug-likeness (QED) is 0.867. The van der Waals surface area contributed by atoms with Crippen LogP contribution in [0.4, 0.5) is 0 Å². The van der Waals surface area contributed by atoms with Crippen LogP contribution in [0.2, 0.25) is 0 Å². The first kappa shape index (κ1) is 19.2. The fourth-order valence-corrected chi connectivity index (χ4v) is 5.21. The summed E-state index contributed by atoms with van der Waals surface area (Å²) in [4.78, 5) is 29.7. The minimum absolute atomic E-state index is 0.111. The van der Waals surface area contributed by atoms with E-state index in [1.54, 1.807) is 12.0 Å². The van der Waals surface area contributed by atoms with Crippen LogP contribution < -0.4 is 10.1 Å². The molecule has 3 heterocycles. The van der Waals surface area contributed by atoms with Crippen molar-refractivity contribution in [2.24, 2.45) is 11.3 Å². The summed E-state index contributed by atoms with van der Waals surface area (Å²) in [5.41, 5.74) is 1.40. The Bertz CT molecular complexity index is 717. The van der Waals surface area contributed by atoms with Crippen molar-refractivity contribution in [2.45, 2.75) is 38.1 Å². The third-order valence-electron chi connectivity index (χ3n) is 7.10. The summed E-state index contributed by atoms with van der Waals surface area (Å²) >= 11 is 0. The van der Waals surface area contributed by atoms with E-state index in [1.165, 1.54) is 6.42 Å². The number of methoxy groups -OCH3 is 1. The monoisotopic (exact) mass is 385 g/mol. The molecule has 0 radical (unpaired) electrons. The van der Waals surface area contributed by atoms with Gasteiger partial charge in [0.05, 0.1) is 19.1 Å². The largest absolute Gasteiger partial charge is 0.497 e. The van der Waals surface area contributed by atoms with Crippen LogP contribution in [0.5, 0.6) is 5.75 Å². The van der Waals surface area contributed by atoms with Gasteiger partial charge in [-0.25, -0.2) is 0 Å². The smallest absolute Gasteiger partial charge is 0.228 e. The Labute approximate surface area is 167 Å². The molecule has 3 fully saturated rings. The van der Waals surface area contributed by atoms with Gasteiger partial charge in [-0.2, -0.15) is 0 Å². The molecule has 0 aromatic heterocycles. The van der Waals surface area contributed by atoms with Crippen LogP contribution in [0.1, 0.15) is 43.7 Å². The minimum Gasteiger partial charge on any atom is -0.497 e. The molecule has 0 aliphatic carbocycles. The van der Waals surface area contributed by atoms with Crippen LogP contribution >= 0.6 is 0 Å².